The molecule has 1 fully saturated rings. The van der Waals surface area contributed by atoms with E-state index in [0.717, 1.165) is 74.7 Å². The summed E-state index contributed by atoms with van der Waals surface area (Å²) < 4.78 is 0. The van der Waals surface area contributed by atoms with Crippen LogP contribution in [-0.2, 0) is 4.79 Å². The first-order chi connectivity index (χ1) is 13.5. The van der Waals surface area contributed by atoms with E-state index in [0.29, 0.717) is 12.4 Å². The van der Waals surface area contributed by atoms with E-state index in [1.165, 1.54) is 18.4 Å². The van der Waals surface area contributed by atoms with Crippen LogP contribution in [0.1, 0.15) is 52.4 Å². The molecule has 1 aliphatic carbocycles. The Morgan fingerprint density at radius 2 is 2.29 bits per heavy atom. The van der Waals surface area contributed by atoms with Gasteiger partial charge in [0, 0.05) is 37.7 Å². The summed E-state index contributed by atoms with van der Waals surface area (Å²) in [7, 11) is 0. The zero-order valence-electron chi connectivity index (χ0n) is 17.4. The fourth-order valence-electron chi connectivity index (χ4n) is 4.18. The van der Waals surface area contributed by atoms with Crippen LogP contribution in [0.3, 0.4) is 0 Å². The lowest BCUT2D eigenvalue weighted by Gasteiger charge is -2.31. The summed E-state index contributed by atoms with van der Waals surface area (Å²) in [4.78, 5) is 18.4. The van der Waals surface area contributed by atoms with Gasteiger partial charge in [-0.25, -0.2) is 4.99 Å². The molecule has 6 nitrogen and oxygen atoms in total. The third-order valence-corrected chi connectivity index (χ3v) is 5.93. The van der Waals surface area contributed by atoms with E-state index >= 15 is 0 Å². The summed E-state index contributed by atoms with van der Waals surface area (Å²) >= 11 is 0. The number of nitrogens with two attached hydrogens (primary N) is 1. The van der Waals surface area contributed by atoms with Crippen LogP contribution < -0.4 is 16.4 Å². The third-order valence-electron chi connectivity index (χ3n) is 5.93. The van der Waals surface area contributed by atoms with Gasteiger partial charge >= 0.3 is 0 Å². The van der Waals surface area contributed by atoms with E-state index in [-0.39, 0.29) is 5.91 Å². The highest BCUT2D eigenvalue weighted by Gasteiger charge is 2.23. The largest absolute Gasteiger partial charge is 0.388 e. The molecule has 1 amide bonds. The lowest BCUT2D eigenvalue weighted by atomic mass is 9.96. The second kappa shape index (κ2) is 9.92. The highest BCUT2D eigenvalue weighted by atomic mass is 16.2. The smallest absolute Gasteiger partial charge is 0.219 e. The number of amides is 1. The molecule has 6 heteroatoms. The number of rotatable bonds is 6. The summed E-state index contributed by atoms with van der Waals surface area (Å²) in [6.45, 7) is 8.24. The van der Waals surface area contributed by atoms with Crippen LogP contribution in [-0.4, -0.2) is 49.4 Å². The molecule has 1 unspecified atom stereocenters. The van der Waals surface area contributed by atoms with Gasteiger partial charge in [-0.15, -0.1) is 0 Å². The van der Waals surface area contributed by atoms with Gasteiger partial charge in [0.2, 0.25) is 5.91 Å². The van der Waals surface area contributed by atoms with Crippen LogP contribution in [0.5, 0.6) is 0 Å². The molecule has 0 aromatic rings. The normalized spacial score (nSPS) is 24.0. The Kier molecular flexibility index (Phi) is 7.31. The predicted molar refractivity (Wildman–Crippen MR) is 115 cm³/mol. The van der Waals surface area contributed by atoms with Gasteiger partial charge in [-0.1, -0.05) is 11.6 Å². The minimum atomic E-state index is 0.0882. The second-order valence-electron chi connectivity index (χ2n) is 8.23. The molecule has 2 aliphatic heterocycles. The molecule has 0 spiro atoms. The standard InChI is InChI=1S/C22H35N5O/c1-16-5-3-7-19(13-16)26-22(23)20-15-27(17(2)28)12-9-21(20)25-11-8-18-6-4-10-24-14-18/h7,13,18,24-25H,3-6,8-12,14-15H2,1-2H3,(H2,23,26). The Balaban J connectivity index is 1.71. The van der Waals surface area contributed by atoms with Gasteiger partial charge in [0.25, 0.3) is 0 Å². The number of nitrogens with zero attached hydrogens (tertiary/aromatic N) is 2. The van der Waals surface area contributed by atoms with Crippen molar-refractivity contribution < 1.29 is 4.79 Å². The number of piperidine rings is 1. The van der Waals surface area contributed by atoms with Gasteiger partial charge in [-0.05, 0) is 64.1 Å². The van der Waals surface area contributed by atoms with Gasteiger partial charge in [0.15, 0.2) is 0 Å². The first-order valence-corrected chi connectivity index (χ1v) is 10.7. The molecule has 154 valence electrons. The minimum absolute atomic E-state index is 0.0882. The molecular formula is C22H35N5O. The summed E-state index contributed by atoms with van der Waals surface area (Å²) in [6.07, 6.45) is 10.9. The molecule has 28 heavy (non-hydrogen) atoms. The monoisotopic (exact) mass is 385 g/mol. The van der Waals surface area contributed by atoms with Crippen molar-refractivity contribution in [3.63, 3.8) is 0 Å². The van der Waals surface area contributed by atoms with Gasteiger partial charge in [0.1, 0.15) is 5.84 Å². The molecule has 1 atom stereocenters. The number of amidine groups is 1. The zero-order valence-corrected chi connectivity index (χ0v) is 17.4. The lowest BCUT2D eigenvalue weighted by molar-refractivity contribution is -0.128. The van der Waals surface area contributed by atoms with E-state index in [4.69, 9.17) is 5.73 Å². The third kappa shape index (κ3) is 5.71. The van der Waals surface area contributed by atoms with Crippen LogP contribution in [0, 0.1) is 5.92 Å². The molecule has 0 radical (unpaired) electrons. The van der Waals surface area contributed by atoms with Gasteiger partial charge in [-0.2, -0.15) is 0 Å². The van der Waals surface area contributed by atoms with Gasteiger partial charge in [-0.3, -0.25) is 4.79 Å². The van der Waals surface area contributed by atoms with Gasteiger partial charge in [0.05, 0.1) is 12.2 Å². The summed E-state index contributed by atoms with van der Waals surface area (Å²) in [6, 6.07) is 0. The van der Waals surface area contributed by atoms with Crippen molar-refractivity contribution in [2.75, 3.05) is 32.7 Å². The lowest BCUT2D eigenvalue weighted by Crippen LogP contribution is -2.41. The van der Waals surface area contributed by atoms with E-state index in [9.17, 15) is 4.79 Å². The van der Waals surface area contributed by atoms with E-state index in [1.807, 2.05) is 4.90 Å². The summed E-state index contributed by atoms with van der Waals surface area (Å²) in [5.74, 6) is 1.37. The number of hydrogen-bond donors (Lipinski definition) is 3. The SMILES string of the molecule is CC(=O)N1CCC(NCCC2CCCNC2)=C(C(N)=NC2=CCCC(C)=C2)C1. The minimum Gasteiger partial charge on any atom is -0.388 e. The van der Waals surface area contributed by atoms with E-state index < -0.39 is 0 Å². The first-order valence-electron chi connectivity index (χ1n) is 10.7. The molecule has 0 aromatic carbocycles. The van der Waals surface area contributed by atoms with Crippen molar-refractivity contribution in [2.45, 2.75) is 52.4 Å². The number of allylic oxidation sites excluding steroid dienone is 3. The van der Waals surface area contributed by atoms with Crippen molar-refractivity contribution in [3.05, 3.63) is 34.7 Å². The van der Waals surface area contributed by atoms with Crippen molar-refractivity contribution in [3.8, 4) is 0 Å². The Morgan fingerprint density at radius 1 is 1.43 bits per heavy atom. The molecule has 1 saturated heterocycles. The fraction of sp³-hybridized carbons (Fsp3) is 0.636. The average molecular weight is 386 g/mol. The number of carbonyl (C=O) groups excluding carboxylic acids is 1. The number of carbonyl (C=O) groups is 1. The number of hydrogen-bond acceptors (Lipinski definition) is 4. The zero-order chi connectivity index (χ0) is 19.9. The van der Waals surface area contributed by atoms with Crippen LogP contribution in [0.15, 0.2) is 39.7 Å². The maximum absolute atomic E-state index is 11.9. The van der Waals surface area contributed by atoms with Crippen LogP contribution in [0.2, 0.25) is 0 Å². The Bertz CT molecular complexity index is 698. The van der Waals surface area contributed by atoms with E-state index in [1.54, 1.807) is 6.92 Å². The van der Waals surface area contributed by atoms with Crippen molar-refractivity contribution in [1.82, 2.24) is 15.5 Å². The van der Waals surface area contributed by atoms with Crippen LogP contribution >= 0.6 is 0 Å². The van der Waals surface area contributed by atoms with Crippen molar-refractivity contribution in [2.24, 2.45) is 16.6 Å². The molecule has 3 rings (SSSR count). The molecular weight excluding hydrogens is 350 g/mol. The molecule has 4 N–H and O–H groups in total. The predicted octanol–water partition coefficient (Wildman–Crippen LogP) is 2.45. The highest BCUT2D eigenvalue weighted by molar-refractivity contribution is 5.99. The Hall–Kier alpha value is -2.08. The molecule has 0 bridgehead atoms. The second-order valence-corrected chi connectivity index (χ2v) is 8.23. The fourth-order valence-corrected chi connectivity index (χ4v) is 4.18. The molecule has 0 aromatic heterocycles. The first kappa shape index (κ1) is 20.6. The summed E-state index contributed by atoms with van der Waals surface area (Å²) in [5.41, 5.74) is 10.8. The quantitative estimate of drug-likeness (QED) is 0.484. The van der Waals surface area contributed by atoms with Crippen molar-refractivity contribution in [1.29, 1.82) is 0 Å². The van der Waals surface area contributed by atoms with Crippen molar-refractivity contribution >= 4 is 11.7 Å². The highest BCUT2D eigenvalue weighted by Crippen LogP contribution is 2.21. The van der Waals surface area contributed by atoms with E-state index in [2.05, 4.69) is 34.7 Å². The van der Waals surface area contributed by atoms with Gasteiger partial charge < -0.3 is 21.3 Å². The topological polar surface area (TPSA) is 82.8 Å². The molecule has 3 aliphatic rings. The molecule has 0 saturated carbocycles. The number of aliphatic imine (C=N–C) groups is 1. The average Bonchev–Trinajstić information content (AvgIpc) is 2.69. The summed E-state index contributed by atoms with van der Waals surface area (Å²) in [5, 5.41) is 7.11. The van der Waals surface area contributed by atoms with Crippen LogP contribution in [0.4, 0.5) is 0 Å². The van der Waals surface area contributed by atoms with Crippen LogP contribution in [0.25, 0.3) is 0 Å². The molecule has 2 heterocycles. The Labute approximate surface area is 169 Å². The Morgan fingerprint density at radius 3 is 3.00 bits per heavy atom. The maximum atomic E-state index is 11.9. The number of nitrogens with one attached hydrogen (secondary N) is 2. The maximum Gasteiger partial charge on any atom is 0.219 e.